The number of carboxylic acid groups (broad SMARTS) is 1. The summed E-state index contributed by atoms with van der Waals surface area (Å²) in [4.78, 5) is 20.0. The normalized spacial score (nSPS) is 23.4. The number of rotatable bonds is 3. The number of hydrogen-bond acceptors (Lipinski definition) is 5. The Morgan fingerprint density at radius 3 is 2.44 bits per heavy atom. The summed E-state index contributed by atoms with van der Waals surface area (Å²) in [5, 5.41) is 8.73. The van der Waals surface area contributed by atoms with Crippen molar-refractivity contribution < 1.29 is 14.4 Å². The molecule has 16 heavy (non-hydrogen) atoms. The molecule has 1 aromatic rings. The highest BCUT2D eigenvalue weighted by molar-refractivity contribution is 7.71. The van der Waals surface area contributed by atoms with Crippen molar-refractivity contribution in [3.05, 3.63) is 29.8 Å². The van der Waals surface area contributed by atoms with Gasteiger partial charge in [-0.3, -0.25) is 4.86 Å². The first-order chi connectivity index (χ1) is 7.75. The van der Waals surface area contributed by atoms with Gasteiger partial charge in [0.15, 0.2) is 0 Å². The van der Waals surface area contributed by atoms with E-state index in [9.17, 15) is 4.79 Å². The molecule has 0 spiro atoms. The van der Waals surface area contributed by atoms with Crippen LogP contribution in [0.25, 0.3) is 0 Å². The standard InChI is InChI=1S/C7H10N3O3P3/c11-7(12)5-1-3-6(4-2-5)13-16-9-14-8-15-10-16/h1-4,8-10,14-15H,(H,11,12). The Morgan fingerprint density at radius 2 is 1.88 bits per heavy atom. The van der Waals surface area contributed by atoms with Crippen molar-refractivity contribution in [2.45, 2.75) is 0 Å². The van der Waals surface area contributed by atoms with Crippen molar-refractivity contribution in [2.24, 2.45) is 0 Å². The van der Waals surface area contributed by atoms with Crippen LogP contribution in [0.3, 0.4) is 0 Å². The van der Waals surface area contributed by atoms with E-state index < -0.39 is 14.4 Å². The highest BCUT2D eigenvalue weighted by atomic mass is 31.2. The van der Waals surface area contributed by atoms with Gasteiger partial charge in [-0.15, -0.1) is 0 Å². The molecular formula is C7H10N3O3P3. The molecule has 0 aliphatic carbocycles. The summed E-state index contributed by atoms with van der Waals surface area (Å²) in [7, 11) is 0.116. The van der Waals surface area contributed by atoms with Gasteiger partial charge in [0.25, 0.3) is 8.45 Å². The lowest BCUT2D eigenvalue weighted by Crippen LogP contribution is -2.18. The summed E-state index contributed by atoms with van der Waals surface area (Å²) in [6.07, 6.45) is 0. The third-order valence-corrected chi connectivity index (χ3v) is 5.65. The van der Waals surface area contributed by atoms with E-state index in [-0.39, 0.29) is 5.56 Å². The highest BCUT2D eigenvalue weighted by Gasteiger charge is 2.14. The van der Waals surface area contributed by atoms with Crippen LogP contribution >= 0.6 is 26.2 Å². The van der Waals surface area contributed by atoms with Crippen molar-refractivity contribution in [1.29, 1.82) is 0 Å². The third kappa shape index (κ3) is 3.33. The number of carbonyl (C=O) groups is 1. The number of hydrogen-bond donors (Lipinski definition) is 4. The molecule has 86 valence electrons. The molecule has 1 saturated heterocycles. The maximum atomic E-state index is 10.6. The van der Waals surface area contributed by atoms with Gasteiger partial charge in [-0.05, 0) is 24.3 Å². The van der Waals surface area contributed by atoms with E-state index >= 15 is 0 Å². The second-order valence-electron chi connectivity index (χ2n) is 2.81. The van der Waals surface area contributed by atoms with Gasteiger partial charge in [0.1, 0.15) is 5.75 Å². The SMILES string of the molecule is O=C(O)c1ccc(OP2NPNPN2)cc1. The van der Waals surface area contributed by atoms with Crippen LogP contribution in [0.4, 0.5) is 0 Å². The third-order valence-electron chi connectivity index (χ3n) is 1.74. The van der Waals surface area contributed by atoms with Crippen LogP contribution in [-0.4, -0.2) is 11.1 Å². The Balaban J connectivity index is 1.96. The summed E-state index contributed by atoms with van der Waals surface area (Å²) in [6.45, 7) is 0. The molecule has 2 unspecified atom stereocenters. The molecule has 9 heteroatoms. The second kappa shape index (κ2) is 5.83. The zero-order valence-electron chi connectivity index (χ0n) is 8.02. The average molecular weight is 277 g/mol. The van der Waals surface area contributed by atoms with E-state index in [1.165, 1.54) is 12.1 Å². The minimum atomic E-state index is -0.932. The smallest absolute Gasteiger partial charge is 0.335 e. The summed E-state index contributed by atoms with van der Waals surface area (Å²) >= 11 is 0. The van der Waals surface area contributed by atoms with Gasteiger partial charge in [-0.25, -0.2) is 14.5 Å². The summed E-state index contributed by atoms with van der Waals surface area (Å²) in [5.41, 5.74) is 0.259. The van der Waals surface area contributed by atoms with Gasteiger partial charge < -0.3 is 9.63 Å². The number of carboxylic acids is 1. The van der Waals surface area contributed by atoms with Crippen LogP contribution in [0.5, 0.6) is 5.75 Å². The van der Waals surface area contributed by atoms with E-state index in [1.54, 1.807) is 12.1 Å². The van der Waals surface area contributed by atoms with E-state index in [4.69, 9.17) is 9.63 Å². The Bertz CT molecular complexity index is 369. The molecule has 0 aromatic heterocycles. The lowest BCUT2D eigenvalue weighted by molar-refractivity contribution is 0.0697. The van der Waals surface area contributed by atoms with Gasteiger partial charge in [-0.2, -0.15) is 0 Å². The van der Waals surface area contributed by atoms with Crippen molar-refractivity contribution in [3.63, 3.8) is 0 Å². The highest BCUT2D eigenvalue weighted by Crippen LogP contribution is 2.40. The summed E-state index contributed by atoms with van der Waals surface area (Å²) in [6, 6.07) is 6.37. The van der Waals surface area contributed by atoms with E-state index in [0.717, 1.165) is 0 Å². The first-order valence-electron chi connectivity index (χ1n) is 4.33. The Kier molecular flexibility index (Phi) is 4.42. The van der Waals surface area contributed by atoms with E-state index in [1.807, 2.05) is 0 Å². The molecule has 4 N–H and O–H groups in total. The van der Waals surface area contributed by atoms with Gasteiger partial charge >= 0.3 is 5.97 Å². The van der Waals surface area contributed by atoms with Gasteiger partial charge in [0.2, 0.25) is 0 Å². The molecule has 0 bridgehead atoms. The molecule has 1 heterocycles. The first-order valence-corrected chi connectivity index (χ1v) is 7.59. The molecule has 0 radical (unpaired) electrons. The molecule has 0 amide bonds. The maximum absolute atomic E-state index is 10.6. The van der Waals surface area contributed by atoms with Crippen molar-refractivity contribution in [3.8, 4) is 5.75 Å². The van der Waals surface area contributed by atoms with Crippen molar-refractivity contribution in [2.75, 3.05) is 0 Å². The van der Waals surface area contributed by atoms with Crippen LogP contribution in [0.1, 0.15) is 10.4 Å². The Morgan fingerprint density at radius 1 is 1.25 bits per heavy atom. The molecular weight excluding hydrogens is 267 g/mol. The molecule has 6 nitrogen and oxygen atoms in total. The van der Waals surface area contributed by atoms with E-state index in [2.05, 4.69) is 14.6 Å². The topological polar surface area (TPSA) is 82.6 Å². The minimum absolute atomic E-state index is 0.259. The first kappa shape index (κ1) is 12.1. The van der Waals surface area contributed by atoms with Crippen LogP contribution in [-0.2, 0) is 0 Å². The lowest BCUT2D eigenvalue weighted by atomic mass is 10.2. The molecule has 1 aromatic carbocycles. The number of nitrogens with one attached hydrogen (secondary N) is 3. The fourth-order valence-electron chi connectivity index (χ4n) is 1.03. The largest absolute Gasteiger partial charge is 0.478 e. The molecule has 1 fully saturated rings. The quantitative estimate of drug-likeness (QED) is 0.630. The van der Waals surface area contributed by atoms with Crippen LogP contribution in [0.2, 0.25) is 0 Å². The monoisotopic (exact) mass is 277 g/mol. The zero-order chi connectivity index (χ0) is 11.4. The molecule has 1 aliphatic heterocycles. The second-order valence-corrected chi connectivity index (χ2v) is 6.87. The molecule has 2 atom stereocenters. The van der Waals surface area contributed by atoms with Crippen molar-refractivity contribution in [1.82, 2.24) is 14.6 Å². The summed E-state index contributed by atoms with van der Waals surface area (Å²) in [5.74, 6) is -0.272. The van der Waals surface area contributed by atoms with Crippen molar-refractivity contribution >= 4 is 32.2 Å². The fraction of sp³-hybridized carbons (Fsp3) is 0. The average Bonchev–Trinajstić information content (AvgIpc) is 2.31. The van der Waals surface area contributed by atoms with Gasteiger partial charge in [0, 0.05) is 17.8 Å². The van der Waals surface area contributed by atoms with Gasteiger partial charge in [0.05, 0.1) is 5.56 Å². The number of benzene rings is 1. The molecule has 0 saturated carbocycles. The fourth-order valence-corrected chi connectivity index (χ4v) is 4.97. The molecule has 2 rings (SSSR count). The lowest BCUT2D eigenvalue weighted by Gasteiger charge is -2.24. The van der Waals surface area contributed by atoms with Crippen LogP contribution in [0.15, 0.2) is 24.3 Å². The zero-order valence-corrected chi connectivity index (χ0v) is 10.9. The summed E-state index contributed by atoms with van der Waals surface area (Å²) < 4.78 is 5.61. The predicted molar refractivity (Wildman–Crippen MR) is 67.0 cm³/mol. The molecule has 1 aliphatic rings. The Labute approximate surface area is 97.3 Å². The minimum Gasteiger partial charge on any atom is -0.478 e. The predicted octanol–water partition coefficient (Wildman–Crippen LogP) is 1.79. The van der Waals surface area contributed by atoms with E-state index in [0.29, 0.717) is 23.5 Å². The van der Waals surface area contributed by atoms with Crippen LogP contribution < -0.4 is 19.1 Å². The number of aromatic carboxylic acids is 1. The van der Waals surface area contributed by atoms with Crippen LogP contribution in [0, 0.1) is 0 Å². The maximum Gasteiger partial charge on any atom is 0.335 e. The van der Waals surface area contributed by atoms with Gasteiger partial charge in [-0.1, -0.05) is 0 Å². The Hall–Kier alpha value is -0.340.